The van der Waals surface area contributed by atoms with Crippen LogP contribution in [-0.2, 0) is 0 Å². The number of halogens is 1. The first-order valence-electron chi connectivity index (χ1n) is 4.63. The summed E-state index contributed by atoms with van der Waals surface area (Å²) in [4.78, 5) is 0.821. The highest BCUT2D eigenvalue weighted by atomic mass is 35.5. The lowest BCUT2D eigenvalue weighted by atomic mass is 10.2. The lowest BCUT2D eigenvalue weighted by Gasteiger charge is -2.11. The van der Waals surface area contributed by atoms with Gasteiger partial charge in [0.2, 0.25) is 0 Å². The Bertz CT molecular complexity index is 398. The number of thioether (sulfide) groups is 1. The number of nitrogens with two attached hydrogens (primary N) is 1. The van der Waals surface area contributed by atoms with E-state index in [0.717, 1.165) is 4.90 Å². The van der Waals surface area contributed by atoms with E-state index in [0.29, 0.717) is 10.6 Å². The molecule has 0 amide bonds. The summed E-state index contributed by atoms with van der Waals surface area (Å²) in [5, 5.41) is 21.1. The molecule has 0 fully saturated rings. The van der Waals surface area contributed by atoms with E-state index in [-0.39, 0.29) is 17.7 Å². The molecule has 4 nitrogen and oxygen atoms in total. The van der Waals surface area contributed by atoms with Crippen LogP contribution >= 0.6 is 23.4 Å². The molecule has 0 radical (unpaired) electrons. The van der Waals surface area contributed by atoms with Gasteiger partial charge in [-0.05, 0) is 18.2 Å². The Balaban J connectivity index is 3.08. The van der Waals surface area contributed by atoms with E-state index in [2.05, 4.69) is 5.16 Å². The number of hydrogen-bond donors (Lipinski definition) is 3. The normalized spacial score (nSPS) is 13.8. The number of benzene rings is 1. The molecule has 1 unspecified atom stereocenters. The molecule has 0 aliphatic carbocycles. The van der Waals surface area contributed by atoms with Crippen molar-refractivity contribution in [3.05, 3.63) is 28.8 Å². The highest BCUT2D eigenvalue weighted by Crippen LogP contribution is 2.28. The van der Waals surface area contributed by atoms with E-state index in [1.165, 1.54) is 11.8 Å². The maximum absolute atomic E-state index is 8.98. The smallest absolute Gasteiger partial charge is 0.171 e. The van der Waals surface area contributed by atoms with Crippen LogP contribution in [0.15, 0.2) is 28.3 Å². The van der Waals surface area contributed by atoms with Crippen molar-refractivity contribution in [2.75, 3.05) is 6.61 Å². The van der Waals surface area contributed by atoms with Crippen molar-refractivity contribution in [1.82, 2.24) is 0 Å². The number of aliphatic hydroxyl groups excluding tert-OH is 1. The topological polar surface area (TPSA) is 78.8 Å². The highest BCUT2D eigenvalue weighted by Gasteiger charge is 2.11. The maximum atomic E-state index is 8.98. The largest absolute Gasteiger partial charge is 0.409 e. The fourth-order valence-corrected chi connectivity index (χ4v) is 2.23. The van der Waals surface area contributed by atoms with Crippen LogP contribution in [0.5, 0.6) is 0 Å². The average molecular weight is 261 g/mol. The number of nitrogens with zero attached hydrogens (tertiary/aromatic N) is 1. The summed E-state index contributed by atoms with van der Waals surface area (Å²) < 4.78 is 0. The van der Waals surface area contributed by atoms with Crippen LogP contribution in [0.4, 0.5) is 0 Å². The Labute approximate surface area is 103 Å². The standard InChI is InChI=1S/C10H13ClN2O2S/c1-6(5-14)16-9-3-2-7(11)4-8(9)10(12)13-15/h2-4,6,14-15H,5H2,1H3,(H2,12,13). The van der Waals surface area contributed by atoms with E-state index in [4.69, 9.17) is 27.6 Å². The Morgan fingerprint density at radius 3 is 2.88 bits per heavy atom. The number of hydrogen-bond acceptors (Lipinski definition) is 4. The minimum atomic E-state index is 0.00939. The molecule has 16 heavy (non-hydrogen) atoms. The Kier molecular flexibility index (Phi) is 4.92. The van der Waals surface area contributed by atoms with Gasteiger partial charge < -0.3 is 16.0 Å². The van der Waals surface area contributed by atoms with Crippen molar-refractivity contribution in [2.45, 2.75) is 17.1 Å². The summed E-state index contributed by atoms with van der Waals surface area (Å²) in [6.07, 6.45) is 0. The number of amidine groups is 1. The summed E-state index contributed by atoms with van der Waals surface area (Å²) in [5.74, 6) is 0.00939. The van der Waals surface area contributed by atoms with Crippen LogP contribution in [0.2, 0.25) is 5.02 Å². The van der Waals surface area contributed by atoms with Gasteiger partial charge in [-0.25, -0.2) is 0 Å². The minimum absolute atomic E-state index is 0.00939. The third-order valence-corrected chi connectivity index (χ3v) is 3.31. The number of oxime groups is 1. The van der Waals surface area contributed by atoms with Crippen LogP contribution in [0, 0.1) is 0 Å². The molecule has 0 aliphatic heterocycles. The molecule has 0 saturated heterocycles. The van der Waals surface area contributed by atoms with Crippen molar-refractivity contribution in [3.8, 4) is 0 Å². The van der Waals surface area contributed by atoms with E-state index in [1.54, 1.807) is 18.2 Å². The van der Waals surface area contributed by atoms with Crippen molar-refractivity contribution < 1.29 is 10.3 Å². The molecule has 0 aliphatic rings. The van der Waals surface area contributed by atoms with Crippen molar-refractivity contribution in [2.24, 2.45) is 10.9 Å². The van der Waals surface area contributed by atoms with Crippen LogP contribution < -0.4 is 5.73 Å². The molecule has 1 aromatic rings. The molecule has 1 atom stereocenters. The van der Waals surface area contributed by atoms with Crippen molar-refractivity contribution >= 4 is 29.2 Å². The van der Waals surface area contributed by atoms with Gasteiger partial charge in [-0.3, -0.25) is 0 Å². The predicted octanol–water partition coefficient (Wildman–Crippen LogP) is 1.91. The summed E-state index contributed by atoms with van der Waals surface area (Å²) in [6.45, 7) is 1.94. The first-order chi connectivity index (χ1) is 7.58. The van der Waals surface area contributed by atoms with Gasteiger partial charge >= 0.3 is 0 Å². The molecule has 88 valence electrons. The zero-order valence-electron chi connectivity index (χ0n) is 8.72. The fraction of sp³-hybridized carbons (Fsp3) is 0.300. The van der Waals surface area contributed by atoms with Gasteiger partial charge in [0.15, 0.2) is 5.84 Å². The Morgan fingerprint density at radius 1 is 1.62 bits per heavy atom. The van der Waals surface area contributed by atoms with Crippen LogP contribution in [0.25, 0.3) is 0 Å². The molecular formula is C10H13ClN2O2S. The molecule has 0 saturated carbocycles. The van der Waals surface area contributed by atoms with Gasteiger partial charge in [0.05, 0.1) is 6.61 Å². The van der Waals surface area contributed by atoms with Gasteiger partial charge in [0.25, 0.3) is 0 Å². The molecular weight excluding hydrogens is 248 g/mol. The molecule has 1 aromatic carbocycles. The summed E-state index contributed by atoms with van der Waals surface area (Å²) in [5.41, 5.74) is 6.12. The SMILES string of the molecule is CC(CO)Sc1ccc(Cl)cc1/C(N)=N/O. The lowest BCUT2D eigenvalue weighted by molar-refractivity contribution is 0.300. The highest BCUT2D eigenvalue weighted by molar-refractivity contribution is 8.00. The molecule has 6 heteroatoms. The second-order valence-corrected chi connectivity index (χ2v) is 5.15. The van der Waals surface area contributed by atoms with E-state index >= 15 is 0 Å². The number of rotatable bonds is 4. The van der Waals surface area contributed by atoms with Crippen molar-refractivity contribution in [3.63, 3.8) is 0 Å². The first kappa shape index (κ1) is 13.2. The number of aliphatic hydroxyl groups is 1. The Morgan fingerprint density at radius 2 is 2.31 bits per heavy atom. The third-order valence-electron chi connectivity index (χ3n) is 1.91. The van der Waals surface area contributed by atoms with E-state index in [1.807, 2.05) is 6.92 Å². The predicted molar refractivity (Wildman–Crippen MR) is 66.4 cm³/mol. The van der Waals surface area contributed by atoms with Gasteiger partial charge in [0, 0.05) is 20.7 Å². The second-order valence-electron chi connectivity index (χ2n) is 3.24. The minimum Gasteiger partial charge on any atom is -0.409 e. The maximum Gasteiger partial charge on any atom is 0.171 e. The molecule has 1 rings (SSSR count). The van der Waals surface area contributed by atoms with E-state index < -0.39 is 0 Å². The monoisotopic (exact) mass is 260 g/mol. The fourth-order valence-electron chi connectivity index (χ4n) is 1.11. The second kappa shape index (κ2) is 5.98. The van der Waals surface area contributed by atoms with E-state index in [9.17, 15) is 0 Å². The van der Waals surface area contributed by atoms with Crippen molar-refractivity contribution in [1.29, 1.82) is 0 Å². The summed E-state index contributed by atoms with van der Waals surface area (Å²) in [6, 6.07) is 5.14. The summed E-state index contributed by atoms with van der Waals surface area (Å²) in [7, 11) is 0. The third kappa shape index (κ3) is 3.30. The Hall–Kier alpha value is -0.910. The molecule has 0 bridgehead atoms. The van der Waals surface area contributed by atoms with Gasteiger partial charge in [-0.2, -0.15) is 0 Å². The van der Waals surface area contributed by atoms with Crippen LogP contribution in [-0.4, -0.2) is 28.0 Å². The lowest BCUT2D eigenvalue weighted by Crippen LogP contribution is -2.15. The first-order valence-corrected chi connectivity index (χ1v) is 5.89. The molecule has 0 spiro atoms. The zero-order chi connectivity index (χ0) is 12.1. The average Bonchev–Trinajstić information content (AvgIpc) is 2.30. The van der Waals surface area contributed by atoms with Crippen LogP contribution in [0.1, 0.15) is 12.5 Å². The van der Waals surface area contributed by atoms with Gasteiger partial charge in [-0.1, -0.05) is 23.7 Å². The van der Waals surface area contributed by atoms with Crippen LogP contribution in [0.3, 0.4) is 0 Å². The molecule has 4 N–H and O–H groups in total. The quantitative estimate of drug-likeness (QED) is 0.254. The van der Waals surface area contributed by atoms with Gasteiger partial charge in [-0.15, -0.1) is 11.8 Å². The van der Waals surface area contributed by atoms with Gasteiger partial charge in [0.1, 0.15) is 0 Å². The zero-order valence-corrected chi connectivity index (χ0v) is 10.3. The molecule has 0 heterocycles. The summed E-state index contributed by atoms with van der Waals surface area (Å²) >= 11 is 7.28. The molecule has 0 aromatic heterocycles.